The molecule has 1 aromatic rings. The Morgan fingerprint density at radius 2 is 1.76 bits per heavy atom. The van der Waals surface area contributed by atoms with E-state index in [9.17, 15) is 8.42 Å². The molecular formula is C13H21ClN2O4S. The number of ether oxygens (including phenoxy) is 2. The lowest BCUT2D eigenvalue weighted by Crippen LogP contribution is -2.36. The Bertz CT molecular complexity index is 543. The summed E-state index contributed by atoms with van der Waals surface area (Å²) in [6, 6.07) is 4.56. The van der Waals surface area contributed by atoms with E-state index in [4.69, 9.17) is 26.8 Å². The molecule has 6 nitrogen and oxygen atoms in total. The van der Waals surface area contributed by atoms with Gasteiger partial charge in [0.2, 0.25) is 10.0 Å². The van der Waals surface area contributed by atoms with Crippen LogP contribution in [0.5, 0.6) is 0 Å². The van der Waals surface area contributed by atoms with Crippen LogP contribution in [-0.4, -0.2) is 53.2 Å². The summed E-state index contributed by atoms with van der Waals surface area (Å²) in [6.07, 6.45) is 0. The third kappa shape index (κ3) is 4.91. The van der Waals surface area contributed by atoms with Crippen LogP contribution in [0.1, 0.15) is 5.56 Å². The zero-order valence-electron chi connectivity index (χ0n) is 12.2. The molecule has 0 aliphatic rings. The highest BCUT2D eigenvalue weighted by Crippen LogP contribution is 2.23. The number of methoxy groups -OCH3 is 2. The Morgan fingerprint density at radius 3 is 2.19 bits per heavy atom. The predicted octanol–water partition coefficient (Wildman–Crippen LogP) is 1.08. The van der Waals surface area contributed by atoms with Crippen LogP contribution >= 0.6 is 11.6 Å². The monoisotopic (exact) mass is 336 g/mol. The first kappa shape index (κ1) is 18.3. The number of hydrogen-bond donors (Lipinski definition) is 1. The van der Waals surface area contributed by atoms with Crippen molar-refractivity contribution in [2.45, 2.75) is 11.4 Å². The number of nitrogens with two attached hydrogens (primary N) is 1. The number of sulfonamides is 1. The van der Waals surface area contributed by atoms with E-state index in [0.717, 1.165) is 0 Å². The lowest BCUT2D eigenvalue weighted by atomic mass is 10.2. The smallest absolute Gasteiger partial charge is 0.243 e. The lowest BCUT2D eigenvalue weighted by molar-refractivity contribution is 0.150. The Kier molecular flexibility index (Phi) is 7.58. The molecule has 1 aromatic carbocycles. The van der Waals surface area contributed by atoms with E-state index < -0.39 is 10.0 Å². The molecule has 0 amide bonds. The van der Waals surface area contributed by atoms with Gasteiger partial charge < -0.3 is 15.2 Å². The molecule has 0 saturated heterocycles. The molecule has 0 aliphatic heterocycles. The van der Waals surface area contributed by atoms with Crippen LogP contribution in [-0.2, 0) is 26.0 Å². The number of rotatable bonds is 9. The summed E-state index contributed by atoms with van der Waals surface area (Å²) < 4.78 is 36.5. The molecular weight excluding hydrogens is 316 g/mol. The van der Waals surface area contributed by atoms with Crippen LogP contribution in [0.3, 0.4) is 0 Å². The minimum absolute atomic E-state index is 0.136. The molecule has 0 fully saturated rings. The maximum atomic E-state index is 12.6. The first-order valence-corrected chi connectivity index (χ1v) is 8.25. The molecule has 2 N–H and O–H groups in total. The molecule has 0 bridgehead atoms. The fourth-order valence-corrected chi connectivity index (χ4v) is 3.50. The van der Waals surface area contributed by atoms with Crippen LogP contribution in [0.15, 0.2) is 23.1 Å². The fourth-order valence-electron chi connectivity index (χ4n) is 1.74. The molecule has 8 heteroatoms. The predicted molar refractivity (Wildman–Crippen MR) is 81.9 cm³/mol. The maximum Gasteiger partial charge on any atom is 0.243 e. The van der Waals surface area contributed by atoms with E-state index in [1.807, 2.05) is 0 Å². The van der Waals surface area contributed by atoms with Gasteiger partial charge in [0.25, 0.3) is 0 Å². The van der Waals surface area contributed by atoms with E-state index in [1.54, 1.807) is 6.07 Å². The summed E-state index contributed by atoms with van der Waals surface area (Å²) in [5, 5.41) is 0.344. The summed E-state index contributed by atoms with van der Waals surface area (Å²) in [4.78, 5) is 0.136. The average molecular weight is 337 g/mol. The van der Waals surface area contributed by atoms with Gasteiger partial charge in [-0.15, -0.1) is 0 Å². The SMILES string of the molecule is COCCN(CCOC)S(=O)(=O)c1ccc(CN)c(Cl)c1. The Morgan fingerprint density at radius 1 is 1.19 bits per heavy atom. The minimum Gasteiger partial charge on any atom is -0.383 e. The van der Waals surface area contributed by atoms with E-state index in [-0.39, 0.29) is 24.5 Å². The first-order chi connectivity index (χ1) is 9.97. The van der Waals surface area contributed by atoms with E-state index in [2.05, 4.69) is 0 Å². The lowest BCUT2D eigenvalue weighted by Gasteiger charge is -2.22. The normalized spacial score (nSPS) is 12.0. The Hall–Kier alpha value is -0.700. The maximum absolute atomic E-state index is 12.6. The van der Waals surface area contributed by atoms with Crippen LogP contribution in [0, 0.1) is 0 Å². The number of benzene rings is 1. The van der Waals surface area contributed by atoms with Gasteiger partial charge in [0.05, 0.1) is 18.1 Å². The molecule has 0 aromatic heterocycles. The third-order valence-corrected chi connectivity index (χ3v) is 5.22. The molecule has 120 valence electrons. The highest BCUT2D eigenvalue weighted by atomic mass is 35.5. The second-order valence-electron chi connectivity index (χ2n) is 4.35. The van der Waals surface area contributed by atoms with Crippen LogP contribution in [0.25, 0.3) is 0 Å². The number of halogens is 1. The molecule has 21 heavy (non-hydrogen) atoms. The Balaban J connectivity index is 3.06. The standard InChI is InChI=1S/C13H21ClN2O4S/c1-19-7-5-16(6-8-20-2)21(17,18)12-4-3-11(10-15)13(14)9-12/h3-4,9H,5-8,10,15H2,1-2H3. The van der Waals surface area contributed by atoms with Crippen molar-refractivity contribution in [2.75, 3.05) is 40.5 Å². The molecule has 0 unspecified atom stereocenters. The van der Waals surface area contributed by atoms with Gasteiger partial charge in [-0.05, 0) is 17.7 Å². The summed E-state index contributed by atoms with van der Waals surface area (Å²) in [6.45, 7) is 1.36. The minimum atomic E-state index is -3.64. The zero-order chi connectivity index (χ0) is 15.9. The molecule has 1 rings (SSSR count). The van der Waals surface area contributed by atoms with Crippen LogP contribution < -0.4 is 5.73 Å². The van der Waals surface area contributed by atoms with Gasteiger partial charge in [0.1, 0.15) is 0 Å². The first-order valence-electron chi connectivity index (χ1n) is 6.44. The average Bonchev–Trinajstić information content (AvgIpc) is 2.47. The largest absolute Gasteiger partial charge is 0.383 e. The molecule has 0 heterocycles. The molecule has 0 aliphatic carbocycles. The van der Waals surface area contributed by atoms with Crippen LogP contribution in [0.4, 0.5) is 0 Å². The summed E-state index contributed by atoms with van der Waals surface area (Å²) in [5.41, 5.74) is 6.23. The molecule has 0 spiro atoms. The number of nitrogens with zero attached hydrogens (tertiary/aromatic N) is 1. The van der Waals surface area contributed by atoms with Crippen molar-refractivity contribution in [1.29, 1.82) is 0 Å². The van der Waals surface area contributed by atoms with Gasteiger partial charge >= 0.3 is 0 Å². The number of hydrogen-bond acceptors (Lipinski definition) is 5. The Labute approximate surface area is 130 Å². The van der Waals surface area contributed by atoms with Crippen molar-refractivity contribution >= 4 is 21.6 Å². The van der Waals surface area contributed by atoms with E-state index in [0.29, 0.717) is 23.8 Å². The highest BCUT2D eigenvalue weighted by Gasteiger charge is 2.24. The fraction of sp³-hybridized carbons (Fsp3) is 0.538. The zero-order valence-corrected chi connectivity index (χ0v) is 13.8. The van der Waals surface area contributed by atoms with Gasteiger partial charge in [-0.3, -0.25) is 0 Å². The van der Waals surface area contributed by atoms with E-state index in [1.165, 1.54) is 30.7 Å². The van der Waals surface area contributed by atoms with Gasteiger partial charge in [-0.25, -0.2) is 8.42 Å². The highest BCUT2D eigenvalue weighted by molar-refractivity contribution is 7.89. The summed E-state index contributed by atoms with van der Waals surface area (Å²) >= 11 is 6.04. The van der Waals surface area contributed by atoms with Gasteiger partial charge in [-0.1, -0.05) is 17.7 Å². The quantitative estimate of drug-likeness (QED) is 0.729. The van der Waals surface area contributed by atoms with Crippen LogP contribution in [0.2, 0.25) is 5.02 Å². The topological polar surface area (TPSA) is 81.9 Å². The van der Waals surface area contributed by atoms with Gasteiger partial charge in [0, 0.05) is 38.9 Å². The van der Waals surface area contributed by atoms with Crippen molar-refractivity contribution in [2.24, 2.45) is 5.73 Å². The van der Waals surface area contributed by atoms with Crippen molar-refractivity contribution in [3.8, 4) is 0 Å². The van der Waals surface area contributed by atoms with Crippen molar-refractivity contribution in [3.05, 3.63) is 28.8 Å². The summed E-state index contributed by atoms with van der Waals surface area (Å²) in [5.74, 6) is 0. The third-order valence-electron chi connectivity index (χ3n) is 2.97. The van der Waals surface area contributed by atoms with Crippen molar-refractivity contribution < 1.29 is 17.9 Å². The summed E-state index contributed by atoms with van der Waals surface area (Å²) in [7, 11) is -0.601. The molecule has 0 saturated carbocycles. The molecule has 0 atom stereocenters. The second-order valence-corrected chi connectivity index (χ2v) is 6.69. The second kappa shape index (κ2) is 8.67. The van der Waals surface area contributed by atoms with E-state index >= 15 is 0 Å². The van der Waals surface area contributed by atoms with Gasteiger partial charge in [-0.2, -0.15) is 4.31 Å². The van der Waals surface area contributed by atoms with Crippen molar-refractivity contribution in [3.63, 3.8) is 0 Å². The molecule has 0 radical (unpaired) electrons. The van der Waals surface area contributed by atoms with Crippen molar-refractivity contribution in [1.82, 2.24) is 4.31 Å². The van der Waals surface area contributed by atoms with Gasteiger partial charge in [0.15, 0.2) is 0 Å².